The molecule has 5 heteroatoms. The highest BCUT2D eigenvalue weighted by molar-refractivity contribution is 5.97. The van der Waals surface area contributed by atoms with Crippen molar-refractivity contribution in [3.8, 4) is 5.75 Å². The van der Waals surface area contributed by atoms with E-state index in [-0.39, 0.29) is 12.5 Å². The maximum absolute atomic E-state index is 12.2. The lowest BCUT2D eigenvalue weighted by Crippen LogP contribution is -2.32. The molecule has 104 valence electrons. The maximum Gasteiger partial charge on any atom is 0.323 e. The highest BCUT2D eigenvalue weighted by atomic mass is 16.5. The number of carbonyl (C=O) groups is 2. The average molecular weight is 265 g/mol. The second kappa shape index (κ2) is 5.73. The molecule has 1 aromatic carbocycles. The molecule has 0 bridgehead atoms. The normalized spacial score (nSPS) is 10.2. The van der Waals surface area contributed by atoms with Crippen molar-refractivity contribution in [3.05, 3.63) is 28.3 Å². The van der Waals surface area contributed by atoms with Crippen LogP contribution < -0.4 is 4.74 Å². The van der Waals surface area contributed by atoms with Gasteiger partial charge in [0.2, 0.25) is 0 Å². The van der Waals surface area contributed by atoms with Crippen LogP contribution in [0.25, 0.3) is 0 Å². The number of amides is 1. The molecule has 0 fully saturated rings. The highest BCUT2D eigenvalue weighted by Gasteiger charge is 2.20. The number of hydrogen-bond donors (Lipinski definition) is 1. The van der Waals surface area contributed by atoms with Crippen molar-refractivity contribution < 1.29 is 19.4 Å². The molecule has 0 radical (unpaired) electrons. The number of rotatable bonds is 4. The summed E-state index contributed by atoms with van der Waals surface area (Å²) in [5.41, 5.74) is 3.08. The molecule has 0 spiro atoms. The lowest BCUT2D eigenvalue weighted by molar-refractivity contribution is -0.137. The van der Waals surface area contributed by atoms with Crippen LogP contribution in [0, 0.1) is 20.8 Å². The molecule has 5 nitrogen and oxygen atoms in total. The van der Waals surface area contributed by atoms with Gasteiger partial charge in [0, 0.05) is 12.6 Å². The van der Waals surface area contributed by atoms with E-state index in [9.17, 15) is 9.59 Å². The zero-order valence-electron chi connectivity index (χ0n) is 11.9. The molecule has 1 N–H and O–H groups in total. The number of benzene rings is 1. The molecule has 0 aliphatic carbocycles. The van der Waals surface area contributed by atoms with E-state index >= 15 is 0 Å². The summed E-state index contributed by atoms with van der Waals surface area (Å²) in [6, 6.07) is 1.74. The third kappa shape index (κ3) is 3.05. The van der Waals surface area contributed by atoms with Crippen molar-refractivity contribution in [1.82, 2.24) is 4.90 Å². The fourth-order valence-corrected chi connectivity index (χ4v) is 2.07. The second-order valence-electron chi connectivity index (χ2n) is 4.58. The molecule has 0 heterocycles. The Kier molecular flexibility index (Phi) is 4.53. The van der Waals surface area contributed by atoms with Crippen molar-refractivity contribution in [2.75, 3.05) is 20.7 Å². The Morgan fingerprint density at radius 2 is 1.84 bits per heavy atom. The van der Waals surface area contributed by atoms with E-state index < -0.39 is 5.97 Å². The lowest BCUT2D eigenvalue weighted by Gasteiger charge is -2.19. The van der Waals surface area contributed by atoms with Gasteiger partial charge >= 0.3 is 5.97 Å². The van der Waals surface area contributed by atoms with E-state index in [1.165, 1.54) is 11.9 Å². The van der Waals surface area contributed by atoms with Crippen molar-refractivity contribution in [3.63, 3.8) is 0 Å². The van der Waals surface area contributed by atoms with Crippen LogP contribution in [-0.4, -0.2) is 42.6 Å². The van der Waals surface area contributed by atoms with Gasteiger partial charge in [0.05, 0.1) is 7.11 Å². The van der Waals surface area contributed by atoms with Crippen molar-refractivity contribution in [2.45, 2.75) is 20.8 Å². The number of methoxy groups -OCH3 is 1. The minimum atomic E-state index is -1.03. The van der Waals surface area contributed by atoms with E-state index in [4.69, 9.17) is 9.84 Å². The molecule has 0 aromatic heterocycles. The Hall–Kier alpha value is -2.04. The van der Waals surface area contributed by atoms with E-state index in [2.05, 4.69) is 0 Å². The monoisotopic (exact) mass is 265 g/mol. The van der Waals surface area contributed by atoms with Crippen LogP contribution in [0.4, 0.5) is 0 Å². The number of ether oxygens (including phenoxy) is 1. The summed E-state index contributed by atoms with van der Waals surface area (Å²) in [5, 5.41) is 8.73. The first-order valence-electron chi connectivity index (χ1n) is 5.91. The fourth-order valence-electron chi connectivity index (χ4n) is 2.07. The highest BCUT2D eigenvalue weighted by Crippen LogP contribution is 2.29. The minimum absolute atomic E-state index is 0.297. The van der Waals surface area contributed by atoms with Crippen LogP contribution in [-0.2, 0) is 4.79 Å². The van der Waals surface area contributed by atoms with Crippen molar-refractivity contribution in [2.24, 2.45) is 0 Å². The molecule has 1 rings (SSSR count). The van der Waals surface area contributed by atoms with Crippen LogP contribution in [0.1, 0.15) is 27.0 Å². The second-order valence-corrected chi connectivity index (χ2v) is 4.58. The van der Waals surface area contributed by atoms with Gasteiger partial charge in [-0.25, -0.2) is 0 Å². The molecule has 0 aliphatic heterocycles. The molecule has 1 amide bonds. The van der Waals surface area contributed by atoms with Gasteiger partial charge in [0.25, 0.3) is 5.91 Å². The van der Waals surface area contributed by atoms with Crippen molar-refractivity contribution in [1.29, 1.82) is 0 Å². The van der Waals surface area contributed by atoms with Gasteiger partial charge in [0.15, 0.2) is 0 Å². The van der Waals surface area contributed by atoms with Crippen LogP contribution in [0.15, 0.2) is 6.07 Å². The molecule has 0 atom stereocenters. The van der Waals surface area contributed by atoms with Crippen LogP contribution >= 0.6 is 0 Å². The summed E-state index contributed by atoms with van der Waals surface area (Å²) in [6.07, 6.45) is 0. The maximum atomic E-state index is 12.2. The molecular formula is C14H19NO4. The third-order valence-corrected chi connectivity index (χ3v) is 3.18. The Balaban J connectivity index is 3.22. The number of aliphatic carboxylic acids is 1. The minimum Gasteiger partial charge on any atom is -0.496 e. The number of carboxylic acids is 1. The summed E-state index contributed by atoms with van der Waals surface area (Å²) in [6.45, 7) is 5.26. The predicted octanol–water partition coefficient (Wildman–Crippen LogP) is 1.78. The first kappa shape index (κ1) is 15.0. The Morgan fingerprint density at radius 1 is 1.26 bits per heavy atom. The lowest BCUT2D eigenvalue weighted by atomic mass is 9.98. The quantitative estimate of drug-likeness (QED) is 0.901. The standard InChI is InChI=1S/C14H19NO4/c1-8-6-11(9(2)10(3)13(8)19-5)14(18)15(4)7-12(16)17/h6H,7H2,1-5H3,(H,16,17). The van der Waals surface area contributed by atoms with E-state index in [1.54, 1.807) is 13.2 Å². The SMILES string of the molecule is COc1c(C)cc(C(=O)N(C)CC(=O)O)c(C)c1C. The predicted molar refractivity (Wildman–Crippen MR) is 71.8 cm³/mol. The van der Waals surface area contributed by atoms with Gasteiger partial charge in [0.1, 0.15) is 12.3 Å². The largest absolute Gasteiger partial charge is 0.496 e. The molecule has 0 saturated heterocycles. The van der Waals surface area contributed by atoms with Gasteiger partial charge in [-0.05, 0) is 43.5 Å². The summed E-state index contributed by atoms with van der Waals surface area (Å²) in [7, 11) is 3.07. The van der Waals surface area contributed by atoms with Gasteiger partial charge in [-0.3, -0.25) is 9.59 Å². The van der Waals surface area contributed by atoms with E-state index in [1.807, 2.05) is 20.8 Å². The molecule has 0 saturated carbocycles. The number of hydrogen-bond acceptors (Lipinski definition) is 3. The molecule has 0 aliphatic rings. The van der Waals surface area contributed by atoms with E-state index in [0.717, 1.165) is 22.4 Å². The van der Waals surface area contributed by atoms with Gasteiger partial charge in [-0.2, -0.15) is 0 Å². The van der Waals surface area contributed by atoms with Gasteiger partial charge in [-0.15, -0.1) is 0 Å². The molecule has 19 heavy (non-hydrogen) atoms. The average Bonchev–Trinajstić information content (AvgIpc) is 2.32. The van der Waals surface area contributed by atoms with Crippen molar-refractivity contribution >= 4 is 11.9 Å². The number of carboxylic acid groups (broad SMARTS) is 1. The number of carbonyl (C=O) groups excluding carboxylic acids is 1. The van der Waals surface area contributed by atoms with Crippen LogP contribution in [0.2, 0.25) is 0 Å². The van der Waals surface area contributed by atoms with E-state index in [0.29, 0.717) is 5.56 Å². The van der Waals surface area contributed by atoms with Gasteiger partial charge in [-0.1, -0.05) is 0 Å². The van der Waals surface area contributed by atoms with Gasteiger partial charge < -0.3 is 14.7 Å². The Morgan fingerprint density at radius 3 is 2.32 bits per heavy atom. The topological polar surface area (TPSA) is 66.8 Å². The zero-order valence-corrected chi connectivity index (χ0v) is 11.9. The zero-order chi connectivity index (χ0) is 14.7. The Labute approximate surface area is 112 Å². The summed E-state index contributed by atoms with van der Waals surface area (Å²) in [5.74, 6) is -0.570. The van der Waals surface area contributed by atoms with Crippen LogP contribution in [0.3, 0.4) is 0 Å². The first-order chi connectivity index (χ1) is 8.79. The number of aryl methyl sites for hydroxylation is 1. The first-order valence-corrected chi connectivity index (χ1v) is 5.91. The summed E-state index contributed by atoms with van der Waals surface area (Å²) >= 11 is 0. The van der Waals surface area contributed by atoms with Crippen LogP contribution in [0.5, 0.6) is 5.75 Å². The summed E-state index contributed by atoms with van der Waals surface area (Å²) in [4.78, 5) is 24.1. The Bertz CT molecular complexity index is 523. The molecule has 1 aromatic rings. The number of likely N-dealkylation sites (N-methyl/N-ethyl adjacent to an activating group) is 1. The summed E-state index contributed by atoms with van der Waals surface area (Å²) < 4.78 is 5.30. The molecular weight excluding hydrogens is 246 g/mol. The smallest absolute Gasteiger partial charge is 0.323 e. The molecule has 0 unspecified atom stereocenters. The third-order valence-electron chi connectivity index (χ3n) is 3.18. The fraction of sp³-hybridized carbons (Fsp3) is 0.429. The number of nitrogens with zero attached hydrogens (tertiary/aromatic N) is 1.